The number of nitrogens with zero attached hydrogens (tertiary/aromatic N) is 2. The molecule has 0 saturated carbocycles. The second kappa shape index (κ2) is 5.61. The average molecular weight is 279 g/mol. The van der Waals surface area contributed by atoms with E-state index >= 15 is 0 Å². The molecule has 2 heterocycles. The maximum absolute atomic E-state index is 11.6. The molecule has 2 aromatic heterocycles. The molecule has 19 heavy (non-hydrogen) atoms. The Morgan fingerprint density at radius 2 is 1.95 bits per heavy atom. The van der Waals surface area contributed by atoms with Crippen LogP contribution in [0.15, 0.2) is 22.1 Å². The molecule has 6 heteroatoms. The van der Waals surface area contributed by atoms with Gasteiger partial charge in [-0.15, -0.1) is 0 Å². The first-order valence-electron chi connectivity index (χ1n) is 6.31. The summed E-state index contributed by atoms with van der Waals surface area (Å²) in [5.74, 6) is 0.277. The van der Waals surface area contributed by atoms with Crippen LogP contribution in [-0.2, 0) is 10.8 Å². The maximum atomic E-state index is 11.6. The van der Waals surface area contributed by atoms with Crippen LogP contribution < -0.4 is 5.56 Å². The van der Waals surface area contributed by atoms with Gasteiger partial charge in [0.05, 0.1) is 16.5 Å². The van der Waals surface area contributed by atoms with E-state index in [9.17, 15) is 9.00 Å². The van der Waals surface area contributed by atoms with Crippen molar-refractivity contribution in [1.82, 2.24) is 15.0 Å². The lowest BCUT2D eigenvalue weighted by molar-refractivity contribution is 0.616. The van der Waals surface area contributed by atoms with Crippen LogP contribution in [-0.4, -0.2) is 25.4 Å². The van der Waals surface area contributed by atoms with E-state index in [-0.39, 0.29) is 16.6 Å². The quantitative estimate of drug-likeness (QED) is 0.868. The fourth-order valence-corrected chi connectivity index (χ4v) is 2.60. The second-order valence-electron chi connectivity index (χ2n) is 4.44. The predicted molar refractivity (Wildman–Crippen MR) is 75.8 cm³/mol. The number of pyridine rings is 1. The van der Waals surface area contributed by atoms with Crippen molar-refractivity contribution >= 4 is 21.8 Å². The summed E-state index contributed by atoms with van der Waals surface area (Å²) in [7, 11) is -1.27. The largest absolute Gasteiger partial charge is 0.306 e. The Morgan fingerprint density at radius 3 is 2.53 bits per heavy atom. The number of fused-ring (bicyclic) bond motifs is 1. The lowest BCUT2D eigenvalue weighted by Gasteiger charge is -2.14. The minimum Gasteiger partial charge on any atom is -0.306 e. The van der Waals surface area contributed by atoms with E-state index in [1.807, 2.05) is 0 Å². The van der Waals surface area contributed by atoms with Crippen LogP contribution in [0, 0.1) is 0 Å². The lowest BCUT2D eigenvalue weighted by Crippen LogP contribution is -2.11. The van der Waals surface area contributed by atoms with Gasteiger partial charge in [-0.2, -0.15) is 0 Å². The SMILES string of the molecule is CCC(CC)c1nc(S(C)=O)nc2[nH]c(=O)ccc12. The Hall–Kier alpha value is -1.56. The molecule has 0 amide bonds. The van der Waals surface area contributed by atoms with Gasteiger partial charge in [-0.3, -0.25) is 9.00 Å². The summed E-state index contributed by atoms with van der Waals surface area (Å²) >= 11 is 0. The number of H-pyrrole nitrogens is 1. The molecule has 0 aliphatic carbocycles. The molecule has 0 aromatic carbocycles. The third-order valence-corrected chi connectivity index (χ3v) is 3.92. The van der Waals surface area contributed by atoms with Gasteiger partial charge in [-0.25, -0.2) is 9.97 Å². The van der Waals surface area contributed by atoms with Gasteiger partial charge >= 0.3 is 0 Å². The van der Waals surface area contributed by atoms with Gasteiger partial charge in [0.1, 0.15) is 5.65 Å². The monoisotopic (exact) mass is 279 g/mol. The fraction of sp³-hybridized carbons (Fsp3) is 0.462. The minimum absolute atomic E-state index is 0.213. The fourth-order valence-electron chi connectivity index (χ4n) is 2.16. The van der Waals surface area contributed by atoms with Crippen molar-refractivity contribution in [1.29, 1.82) is 0 Å². The van der Waals surface area contributed by atoms with Crippen molar-refractivity contribution in [3.63, 3.8) is 0 Å². The Morgan fingerprint density at radius 1 is 1.26 bits per heavy atom. The van der Waals surface area contributed by atoms with Crippen molar-refractivity contribution in [3.05, 3.63) is 28.2 Å². The first-order valence-corrected chi connectivity index (χ1v) is 7.87. The summed E-state index contributed by atoms with van der Waals surface area (Å²) in [6.07, 6.45) is 3.42. The highest BCUT2D eigenvalue weighted by Gasteiger charge is 2.16. The smallest absolute Gasteiger partial charge is 0.249 e. The van der Waals surface area contributed by atoms with Crippen LogP contribution in [0.4, 0.5) is 0 Å². The Bertz CT molecular complexity index is 677. The zero-order chi connectivity index (χ0) is 14.0. The molecule has 102 valence electrons. The second-order valence-corrected chi connectivity index (χ2v) is 5.72. The summed E-state index contributed by atoms with van der Waals surface area (Å²) in [5.41, 5.74) is 1.13. The molecule has 1 atom stereocenters. The third kappa shape index (κ3) is 2.73. The standard InChI is InChI=1S/C13H17N3O2S/c1-4-8(5-2)11-9-6-7-10(17)14-12(9)16-13(15-11)19(3)18/h6-8H,4-5H2,1-3H3,(H,14,15,16,17). The topological polar surface area (TPSA) is 75.7 Å². The van der Waals surface area contributed by atoms with Crippen LogP contribution in [0.1, 0.15) is 38.3 Å². The molecule has 0 radical (unpaired) electrons. The highest BCUT2D eigenvalue weighted by atomic mass is 32.2. The van der Waals surface area contributed by atoms with Gasteiger partial charge < -0.3 is 4.98 Å². The number of aromatic amines is 1. The first kappa shape index (κ1) is 13.9. The summed E-state index contributed by atoms with van der Waals surface area (Å²) in [5, 5.41) is 1.11. The molecule has 0 fully saturated rings. The Balaban J connectivity index is 2.78. The summed E-state index contributed by atoms with van der Waals surface area (Å²) < 4.78 is 11.6. The van der Waals surface area contributed by atoms with Crippen LogP contribution in [0.2, 0.25) is 0 Å². The normalized spacial score (nSPS) is 13.1. The van der Waals surface area contributed by atoms with Crippen molar-refractivity contribution in [2.24, 2.45) is 0 Å². The molecular formula is C13H17N3O2S. The zero-order valence-corrected chi connectivity index (χ0v) is 12.1. The highest BCUT2D eigenvalue weighted by molar-refractivity contribution is 7.84. The first-order chi connectivity index (χ1) is 9.06. The van der Waals surface area contributed by atoms with E-state index in [4.69, 9.17) is 0 Å². The maximum Gasteiger partial charge on any atom is 0.249 e. The van der Waals surface area contributed by atoms with Gasteiger partial charge in [-0.1, -0.05) is 13.8 Å². The molecule has 1 unspecified atom stereocenters. The molecule has 0 bridgehead atoms. The van der Waals surface area contributed by atoms with E-state index in [0.717, 1.165) is 23.9 Å². The van der Waals surface area contributed by atoms with Gasteiger partial charge in [0.2, 0.25) is 10.7 Å². The third-order valence-electron chi connectivity index (χ3n) is 3.23. The number of aromatic nitrogens is 3. The lowest BCUT2D eigenvalue weighted by atomic mass is 9.97. The number of rotatable bonds is 4. The number of nitrogens with one attached hydrogen (secondary N) is 1. The average Bonchev–Trinajstić information content (AvgIpc) is 2.39. The minimum atomic E-state index is -1.27. The van der Waals surface area contributed by atoms with E-state index in [1.165, 1.54) is 6.07 Å². The molecular weight excluding hydrogens is 262 g/mol. The Kier molecular flexibility index (Phi) is 4.09. The van der Waals surface area contributed by atoms with Gasteiger partial charge in [0, 0.05) is 23.6 Å². The van der Waals surface area contributed by atoms with Crippen LogP contribution in [0.5, 0.6) is 0 Å². The molecule has 0 saturated heterocycles. The van der Waals surface area contributed by atoms with Crippen molar-refractivity contribution in [2.45, 2.75) is 37.8 Å². The van der Waals surface area contributed by atoms with Gasteiger partial charge in [0.25, 0.3) is 0 Å². The molecule has 2 rings (SSSR count). The number of hydrogen-bond donors (Lipinski definition) is 1. The summed E-state index contributed by atoms with van der Waals surface area (Å²) in [6.45, 7) is 4.19. The van der Waals surface area contributed by atoms with Crippen molar-refractivity contribution in [2.75, 3.05) is 6.26 Å². The van der Waals surface area contributed by atoms with E-state index in [0.29, 0.717) is 5.65 Å². The Labute approximate surface area is 113 Å². The van der Waals surface area contributed by atoms with E-state index in [1.54, 1.807) is 12.3 Å². The zero-order valence-electron chi connectivity index (χ0n) is 11.3. The number of hydrogen-bond acceptors (Lipinski definition) is 4. The molecule has 0 aliphatic heterocycles. The molecule has 2 aromatic rings. The molecule has 0 aliphatic rings. The predicted octanol–water partition coefficient (Wildman–Crippen LogP) is 1.96. The van der Waals surface area contributed by atoms with Crippen molar-refractivity contribution in [3.8, 4) is 0 Å². The van der Waals surface area contributed by atoms with Crippen LogP contribution >= 0.6 is 0 Å². The summed E-state index contributed by atoms with van der Waals surface area (Å²) in [4.78, 5) is 22.7. The van der Waals surface area contributed by atoms with Gasteiger partial charge in [-0.05, 0) is 18.9 Å². The highest BCUT2D eigenvalue weighted by Crippen LogP contribution is 2.27. The molecule has 5 nitrogen and oxygen atoms in total. The molecule has 1 N–H and O–H groups in total. The van der Waals surface area contributed by atoms with E-state index in [2.05, 4.69) is 28.8 Å². The van der Waals surface area contributed by atoms with Gasteiger partial charge in [0.15, 0.2) is 0 Å². The van der Waals surface area contributed by atoms with Crippen LogP contribution in [0.25, 0.3) is 11.0 Å². The summed E-state index contributed by atoms with van der Waals surface area (Å²) in [6, 6.07) is 3.21. The van der Waals surface area contributed by atoms with Crippen LogP contribution in [0.3, 0.4) is 0 Å². The van der Waals surface area contributed by atoms with E-state index < -0.39 is 10.8 Å². The van der Waals surface area contributed by atoms with Crippen molar-refractivity contribution < 1.29 is 4.21 Å². The molecule has 0 spiro atoms.